The molecule has 2 aromatic rings. The van der Waals surface area contributed by atoms with Crippen LogP contribution in [0.2, 0.25) is 354 Å². The summed E-state index contributed by atoms with van der Waals surface area (Å²) in [6.45, 7) is 156. The van der Waals surface area contributed by atoms with Crippen LogP contribution < -0.4 is 0 Å². The van der Waals surface area contributed by atoms with E-state index in [2.05, 4.69) is 401 Å². The van der Waals surface area contributed by atoms with Crippen LogP contribution in [0.4, 0.5) is 0 Å². The molecular weight excluding hydrogens is 1660 g/mol. The number of thioether (sulfide) groups is 2. The van der Waals surface area contributed by atoms with Crippen molar-refractivity contribution in [3.8, 4) is 0 Å². The molecule has 0 nitrogen and oxygen atoms in total. The summed E-state index contributed by atoms with van der Waals surface area (Å²) < 4.78 is 1.72. The molecular formula is C73H167BiS2Si18. The zero-order chi connectivity index (χ0) is 76.4. The minimum atomic E-state index is -2.09. The summed E-state index contributed by atoms with van der Waals surface area (Å²) in [5, 5.41) is 0. The molecule has 548 valence electrons. The SMILES string of the molecule is C[Si](C)(C)C(c1cc(C([Si](C)(C)C)([Si](C)(C)C)[Si](C)(C)C)c(S[CH]([Bi])Sc2c(C([Si](C)(C)C)([Si](C)(C)C)[Si](C)(C)C)cc(C([Si](C)(C)C)([Si](C)(C)C)[Si](C)(C)C)cc2C([Si](C)(C)C)([Si](C)(C)C)[Si](C)(C)C)c(C([Si](C)(C)C)([Si](C)(C)C)[Si](C)(C)C)c1)([Si](C)(C)C)[Si](C)(C)C. The molecule has 94 heavy (non-hydrogen) atoms. The Morgan fingerprint density at radius 2 is 0.287 bits per heavy atom. The van der Waals surface area contributed by atoms with Gasteiger partial charge in [0.1, 0.15) is 0 Å². The Kier molecular flexibility index (Phi) is 27.2. The maximum atomic E-state index is 3.22. The van der Waals surface area contributed by atoms with Gasteiger partial charge in [-0.2, -0.15) is 0 Å². The fourth-order valence-corrected chi connectivity index (χ4v) is 217. The van der Waals surface area contributed by atoms with E-state index in [0.29, 0.717) is 2.29 Å². The molecule has 0 spiro atoms. The Labute approximate surface area is 635 Å². The molecule has 2 rings (SSSR count). The topological polar surface area (TPSA) is 0 Å². The molecule has 0 bridgehead atoms. The van der Waals surface area contributed by atoms with Crippen LogP contribution in [0, 0.1) is 0 Å². The molecule has 0 aromatic heterocycles. The molecule has 0 aliphatic carbocycles. The van der Waals surface area contributed by atoms with Crippen LogP contribution in [-0.2, 0) is 25.7 Å². The van der Waals surface area contributed by atoms with Crippen LogP contribution in [0.15, 0.2) is 34.1 Å². The summed E-state index contributed by atoms with van der Waals surface area (Å²) in [5.41, 5.74) is 11.5. The molecule has 21 heteroatoms. The number of hydrogen-bond donors (Lipinski definition) is 0. The maximum absolute atomic E-state index is 3.22. The second-order valence-corrected chi connectivity index (χ2v) is 160. The summed E-state index contributed by atoms with van der Waals surface area (Å²) in [6.07, 6.45) is 0. The van der Waals surface area contributed by atoms with Crippen LogP contribution >= 0.6 is 23.5 Å². The van der Waals surface area contributed by atoms with Gasteiger partial charge in [0.15, 0.2) is 0 Å². The first kappa shape index (κ1) is 94.0. The van der Waals surface area contributed by atoms with Gasteiger partial charge < -0.3 is 0 Å². The summed E-state index contributed by atoms with van der Waals surface area (Å²) in [4.78, 5) is 3.74. The van der Waals surface area contributed by atoms with Gasteiger partial charge in [-0.25, -0.2) is 0 Å². The zero-order valence-electron chi connectivity index (χ0n) is 74.2. The van der Waals surface area contributed by atoms with E-state index in [4.69, 9.17) is 0 Å². The van der Waals surface area contributed by atoms with Gasteiger partial charge in [-0.05, 0) is 0 Å². The molecule has 0 saturated heterocycles. The first-order valence-corrected chi connectivity index (χ1v) is 104. The van der Waals surface area contributed by atoms with Gasteiger partial charge in [0, 0.05) is 0 Å². The molecule has 2 aromatic carbocycles. The molecule has 0 atom stereocenters. The van der Waals surface area contributed by atoms with Gasteiger partial charge in [-0.1, -0.05) is 0 Å². The number of benzene rings is 2. The van der Waals surface area contributed by atoms with Crippen LogP contribution in [0.1, 0.15) is 33.4 Å². The van der Waals surface area contributed by atoms with E-state index >= 15 is 0 Å². The summed E-state index contributed by atoms with van der Waals surface area (Å²) >= 11 is 6.57. The van der Waals surface area contributed by atoms with E-state index in [0.717, 1.165) is 0 Å². The predicted molar refractivity (Wildman–Crippen MR) is 504 cm³/mol. The van der Waals surface area contributed by atoms with Crippen molar-refractivity contribution < 1.29 is 0 Å². The standard InChI is InChI=1S/C73H167S2Si18.Bi/c1-76(2,3)68(77(4,5)6,78(7,8)9)60-55-62(70(82(19,20)21,83(22,23)24)84(25,26)27)66(63(56-60)71(85(28,29)30,86(31,32)33)87(34,35)36)74-59-75-67-64(72(88(37,38)39,89(40,41)42)90(43,44)45)57-61(69(79(10,11)12,80(13,14)15)81(16,17)18)58-65(67)73(91(46,47)48,92(49,50)51)93(52,53)54;/h55-59H,1-54H3;. The van der Waals surface area contributed by atoms with E-state index in [9.17, 15) is 0 Å². The van der Waals surface area contributed by atoms with Crippen molar-refractivity contribution in [2.75, 3.05) is 0 Å². The quantitative estimate of drug-likeness (QED) is 0.0473. The zero-order valence-corrected chi connectivity index (χ0v) is 97.3. The molecule has 0 amide bonds. The van der Waals surface area contributed by atoms with Gasteiger partial charge in [0.05, 0.1) is 0 Å². The van der Waals surface area contributed by atoms with E-state index in [1.54, 1.807) is 0 Å². The number of hydrogen-bond acceptors (Lipinski definition) is 2. The Morgan fingerprint density at radius 1 is 0.191 bits per heavy atom. The van der Waals surface area contributed by atoms with Crippen molar-refractivity contribution in [3.63, 3.8) is 0 Å². The molecule has 2 radical (unpaired) electrons. The van der Waals surface area contributed by atoms with Crippen LogP contribution in [0.3, 0.4) is 0 Å². The first-order valence-electron chi connectivity index (χ1n) is 37.4. The van der Waals surface area contributed by atoms with Gasteiger partial charge in [-0.15, -0.1) is 0 Å². The van der Waals surface area contributed by atoms with Gasteiger partial charge in [-0.3, -0.25) is 0 Å². The van der Waals surface area contributed by atoms with Crippen molar-refractivity contribution in [1.29, 1.82) is 0 Å². The summed E-state index contributed by atoms with van der Waals surface area (Å²) in [7, 11) is -36.9. The van der Waals surface area contributed by atoms with Crippen LogP contribution in [0.5, 0.6) is 0 Å². The van der Waals surface area contributed by atoms with E-state index < -0.39 is 145 Å². The van der Waals surface area contributed by atoms with Crippen molar-refractivity contribution in [3.05, 3.63) is 57.6 Å². The summed E-state index contributed by atoms with van der Waals surface area (Å²) in [6, 6.07) is 12.9. The molecule has 0 aliphatic rings. The molecule has 0 saturated carbocycles. The second-order valence-electron chi connectivity index (χ2n) is 49.3. The molecule has 0 N–H and O–H groups in total. The molecule has 0 aliphatic heterocycles. The average Bonchev–Trinajstić information content (AvgIpc) is 0.678. The van der Waals surface area contributed by atoms with E-state index in [1.807, 2.05) is 43.2 Å². The fourth-order valence-electron chi connectivity index (χ4n) is 31.0. The van der Waals surface area contributed by atoms with Gasteiger partial charge in [0.25, 0.3) is 0 Å². The Hall–Kier alpha value is 3.93. The van der Waals surface area contributed by atoms with Gasteiger partial charge >= 0.3 is 643 Å². The van der Waals surface area contributed by atoms with Crippen molar-refractivity contribution in [1.82, 2.24) is 0 Å². The molecule has 0 fully saturated rings. The van der Waals surface area contributed by atoms with Crippen molar-refractivity contribution >= 4 is 194 Å². The third-order valence-corrected chi connectivity index (χ3v) is 157. The average molecular weight is 1820 g/mol. The number of rotatable bonds is 28. The Balaban J connectivity index is 4.57. The molecule has 0 unspecified atom stereocenters. The predicted octanol–water partition coefficient (Wildman–Crippen LogP) is 27.2. The third-order valence-electron chi connectivity index (χ3n) is 25.3. The van der Waals surface area contributed by atoms with Crippen LogP contribution in [0.25, 0.3) is 0 Å². The third kappa shape index (κ3) is 14.8. The minimum absolute atomic E-state index is 0.203. The van der Waals surface area contributed by atoms with E-state index in [-0.39, 0.29) is 25.7 Å². The van der Waals surface area contributed by atoms with E-state index in [1.165, 1.54) is 24.7 Å². The first-order chi connectivity index (χ1) is 40.0. The van der Waals surface area contributed by atoms with Crippen molar-refractivity contribution in [2.45, 2.75) is 391 Å². The second kappa shape index (κ2) is 27.2. The Morgan fingerprint density at radius 3 is 0.372 bits per heavy atom. The normalized spacial score (nSPS) is 16.4. The van der Waals surface area contributed by atoms with Crippen molar-refractivity contribution in [2.24, 2.45) is 0 Å². The fraction of sp³-hybridized carbons (Fsp3) is 0.836. The van der Waals surface area contributed by atoms with Crippen LogP contribution in [-0.4, -0.2) is 172 Å². The summed E-state index contributed by atoms with van der Waals surface area (Å²) in [5.74, 6) is 0. The monoisotopic (exact) mass is 1820 g/mol. The Bertz CT molecular complexity index is 2440. The van der Waals surface area contributed by atoms with Gasteiger partial charge in [0.2, 0.25) is 0 Å². The molecule has 0 heterocycles.